The van der Waals surface area contributed by atoms with E-state index in [4.69, 9.17) is 5.11 Å². The first-order valence-corrected chi connectivity index (χ1v) is 7.04. The lowest BCUT2D eigenvalue weighted by atomic mass is 10.0. The average molecular weight is 255 g/mol. The maximum atomic E-state index is 10.9. The van der Waals surface area contributed by atoms with Crippen LogP contribution in [0.1, 0.15) is 26.7 Å². The lowest BCUT2D eigenvalue weighted by molar-refractivity contribution is 0.0514. The fourth-order valence-electron chi connectivity index (χ4n) is 3.05. The van der Waals surface area contributed by atoms with E-state index < -0.39 is 6.09 Å². The lowest BCUT2D eigenvalue weighted by Gasteiger charge is -2.43. The standard InChI is InChI=1S/C13H25N3O2/c1-11(2)14-5-3-12(4-6-14)15-7-9-16(10-8-15)13(17)18/h11-12H,3-10H2,1-2H3,(H,17,18). The maximum Gasteiger partial charge on any atom is 0.407 e. The number of hydrogen-bond acceptors (Lipinski definition) is 3. The molecular formula is C13H25N3O2. The van der Waals surface area contributed by atoms with Crippen molar-refractivity contribution in [1.82, 2.24) is 14.7 Å². The third-order valence-corrected chi connectivity index (χ3v) is 4.33. The van der Waals surface area contributed by atoms with Crippen molar-refractivity contribution in [2.75, 3.05) is 39.3 Å². The summed E-state index contributed by atoms with van der Waals surface area (Å²) in [5.74, 6) is 0. The van der Waals surface area contributed by atoms with E-state index in [9.17, 15) is 4.79 Å². The molecule has 0 radical (unpaired) electrons. The van der Waals surface area contributed by atoms with Gasteiger partial charge >= 0.3 is 6.09 Å². The van der Waals surface area contributed by atoms with Gasteiger partial charge in [0.25, 0.3) is 0 Å². The Bertz CT molecular complexity index is 280. The highest BCUT2D eigenvalue weighted by Gasteiger charge is 2.29. The van der Waals surface area contributed by atoms with E-state index in [2.05, 4.69) is 23.6 Å². The van der Waals surface area contributed by atoms with Gasteiger partial charge in [0.2, 0.25) is 0 Å². The lowest BCUT2D eigenvalue weighted by Crippen LogP contribution is -2.54. The zero-order valence-corrected chi connectivity index (χ0v) is 11.5. The Morgan fingerprint density at radius 2 is 1.61 bits per heavy atom. The number of nitrogens with zero attached hydrogens (tertiary/aromatic N) is 3. The van der Waals surface area contributed by atoms with E-state index in [1.54, 1.807) is 0 Å². The predicted molar refractivity (Wildman–Crippen MR) is 70.9 cm³/mol. The molecule has 18 heavy (non-hydrogen) atoms. The molecule has 0 saturated carbocycles. The first kappa shape index (κ1) is 13.6. The van der Waals surface area contributed by atoms with Gasteiger partial charge < -0.3 is 14.9 Å². The van der Waals surface area contributed by atoms with Gasteiger partial charge in [0, 0.05) is 38.3 Å². The Morgan fingerprint density at radius 3 is 2.06 bits per heavy atom. The number of amides is 1. The van der Waals surface area contributed by atoms with Crippen LogP contribution in [0.5, 0.6) is 0 Å². The summed E-state index contributed by atoms with van der Waals surface area (Å²) < 4.78 is 0. The second-order valence-electron chi connectivity index (χ2n) is 5.67. The molecule has 0 atom stereocenters. The Labute approximate surface area is 109 Å². The average Bonchev–Trinajstić information content (AvgIpc) is 2.39. The van der Waals surface area contributed by atoms with Gasteiger partial charge in [-0.05, 0) is 39.8 Å². The van der Waals surface area contributed by atoms with Crippen molar-refractivity contribution in [3.8, 4) is 0 Å². The van der Waals surface area contributed by atoms with Crippen molar-refractivity contribution in [2.45, 2.75) is 38.8 Å². The van der Waals surface area contributed by atoms with E-state index in [0.717, 1.165) is 13.1 Å². The fraction of sp³-hybridized carbons (Fsp3) is 0.923. The van der Waals surface area contributed by atoms with Crippen LogP contribution in [-0.2, 0) is 0 Å². The van der Waals surface area contributed by atoms with E-state index in [-0.39, 0.29) is 0 Å². The van der Waals surface area contributed by atoms with E-state index in [1.807, 2.05) is 0 Å². The van der Waals surface area contributed by atoms with Crippen molar-refractivity contribution in [3.63, 3.8) is 0 Å². The molecule has 1 N–H and O–H groups in total. The summed E-state index contributed by atoms with van der Waals surface area (Å²) in [6.07, 6.45) is 1.68. The van der Waals surface area contributed by atoms with Crippen molar-refractivity contribution in [2.24, 2.45) is 0 Å². The zero-order valence-electron chi connectivity index (χ0n) is 11.5. The summed E-state index contributed by atoms with van der Waals surface area (Å²) in [7, 11) is 0. The number of likely N-dealkylation sites (tertiary alicyclic amines) is 1. The summed E-state index contributed by atoms with van der Waals surface area (Å²) in [4.78, 5) is 17.4. The third kappa shape index (κ3) is 3.14. The van der Waals surface area contributed by atoms with Crippen LogP contribution in [0.3, 0.4) is 0 Å². The Morgan fingerprint density at radius 1 is 1.06 bits per heavy atom. The third-order valence-electron chi connectivity index (χ3n) is 4.33. The molecule has 2 aliphatic rings. The quantitative estimate of drug-likeness (QED) is 0.804. The van der Waals surface area contributed by atoms with Gasteiger partial charge in [-0.3, -0.25) is 4.90 Å². The number of carbonyl (C=O) groups is 1. The summed E-state index contributed by atoms with van der Waals surface area (Å²) >= 11 is 0. The van der Waals surface area contributed by atoms with E-state index >= 15 is 0 Å². The predicted octanol–water partition coefficient (Wildman–Crippen LogP) is 1.15. The van der Waals surface area contributed by atoms with Gasteiger partial charge in [0.1, 0.15) is 0 Å². The van der Waals surface area contributed by atoms with Gasteiger partial charge in [-0.25, -0.2) is 4.79 Å². The van der Waals surface area contributed by atoms with Gasteiger partial charge in [-0.2, -0.15) is 0 Å². The summed E-state index contributed by atoms with van der Waals surface area (Å²) in [6, 6.07) is 1.31. The Balaban J connectivity index is 1.76. The first-order valence-electron chi connectivity index (χ1n) is 7.04. The van der Waals surface area contributed by atoms with Gasteiger partial charge in [-0.15, -0.1) is 0 Å². The second kappa shape index (κ2) is 5.89. The molecule has 104 valence electrons. The van der Waals surface area contributed by atoms with Crippen molar-refractivity contribution >= 4 is 6.09 Å². The van der Waals surface area contributed by atoms with Crippen LogP contribution in [0.25, 0.3) is 0 Å². The number of hydrogen-bond donors (Lipinski definition) is 1. The van der Waals surface area contributed by atoms with Crippen LogP contribution < -0.4 is 0 Å². The second-order valence-corrected chi connectivity index (χ2v) is 5.67. The molecule has 1 amide bonds. The highest BCUT2D eigenvalue weighted by Crippen LogP contribution is 2.19. The highest BCUT2D eigenvalue weighted by atomic mass is 16.4. The number of piperazine rings is 1. The normalized spacial score (nSPS) is 24.7. The molecule has 5 nitrogen and oxygen atoms in total. The summed E-state index contributed by atoms with van der Waals surface area (Å²) in [5.41, 5.74) is 0. The van der Waals surface area contributed by atoms with Crippen LogP contribution in [0.4, 0.5) is 4.79 Å². The molecule has 2 saturated heterocycles. The molecule has 2 aliphatic heterocycles. The van der Waals surface area contributed by atoms with E-state index in [1.165, 1.54) is 30.8 Å². The van der Waals surface area contributed by atoms with Crippen LogP contribution in [0.2, 0.25) is 0 Å². The number of carboxylic acid groups (broad SMARTS) is 1. The molecule has 0 spiro atoms. The maximum absolute atomic E-state index is 10.9. The molecular weight excluding hydrogens is 230 g/mol. The SMILES string of the molecule is CC(C)N1CCC(N2CCN(C(=O)O)CC2)CC1. The minimum absolute atomic E-state index is 0.648. The van der Waals surface area contributed by atoms with Crippen molar-refractivity contribution in [1.29, 1.82) is 0 Å². The Kier molecular flexibility index (Phi) is 4.45. The summed E-state index contributed by atoms with van der Waals surface area (Å²) in [6.45, 7) is 10.0. The highest BCUT2D eigenvalue weighted by molar-refractivity contribution is 5.65. The molecule has 5 heteroatoms. The monoisotopic (exact) mass is 255 g/mol. The first-order chi connectivity index (χ1) is 8.58. The number of rotatable bonds is 2. The largest absolute Gasteiger partial charge is 0.465 e. The smallest absolute Gasteiger partial charge is 0.407 e. The number of piperidine rings is 1. The molecule has 2 rings (SSSR count). The molecule has 0 bridgehead atoms. The minimum Gasteiger partial charge on any atom is -0.465 e. The Hall–Kier alpha value is -0.810. The van der Waals surface area contributed by atoms with Crippen LogP contribution in [-0.4, -0.2) is 77.3 Å². The van der Waals surface area contributed by atoms with Gasteiger partial charge in [0.05, 0.1) is 0 Å². The van der Waals surface area contributed by atoms with Crippen molar-refractivity contribution in [3.05, 3.63) is 0 Å². The minimum atomic E-state index is -0.774. The fourth-order valence-corrected chi connectivity index (χ4v) is 3.05. The zero-order chi connectivity index (χ0) is 13.1. The molecule has 2 heterocycles. The van der Waals surface area contributed by atoms with Crippen LogP contribution in [0, 0.1) is 0 Å². The molecule has 0 aliphatic carbocycles. The van der Waals surface area contributed by atoms with Crippen LogP contribution >= 0.6 is 0 Å². The van der Waals surface area contributed by atoms with Gasteiger partial charge in [0.15, 0.2) is 0 Å². The van der Waals surface area contributed by atoms with Crippen LogP contribution in [0.15, 0.2) is 0 Å². The molecule has 0 aromatic rings. The molecule has 0 unspecified atom stereocenters. The van der Waals surface area contributed by atoms with Crippen molar-refractivity contribution < 1.29 is 9.90 Å². The van der Waals surface area contributed by atoms with Gasteiger partial charge in [-0.1, -0.05) is 0 Å². The van der Waals surface area contributed by atoms with E-state index in [0.29, 0.717) is 25.2 Å². The summed E-state index contributed by atoms with van der Waals surface area (Å²) in [5, 5.41) is 8.93. The molecule has 0 aromatic heterocycles. The molecule has 2 fully saturated rings. The molecule has 0 aromatic carbocycles. The topological polar surface area (TPSA) is 47.0 Å².